The minimum Gasteiger partial charge on any atom is -0.495 e. The molecule has 1 fully saturated rings. The van der Waals surface area contributed by atoms with Crippen LogP contribution in [0.2, 0.25) is 0 Å². The number of para-hydroxylation sites is 2. The smallest absolute Gasteiger partial charge is 0.259 e. The molecule has 1 aliphatic rings. The lowest BCUT2D eigenvalue weighted by Crippen LogP contribution is -2.48. The van der Waals surface area contributed by atoms with Gasteiger partial charge in [-0.1, -0.05) is 31.1 Å². The van der Waals surface area contributed by atoms with Crippen molar-refractivity contribution in [1.82, 2.24) is 15.5 Å². The van der Waals surface area contributed by atoms with E-state index in [0.29, 0.717) is 22.4 Å². The molecule has 0 saturated carbocycles. The molecule has 1 aliphatic heterocycles. The number of hydrogen-bond donors (Lipinski definition) is 1. The topological polar surface area (TPSA) is 80.5 Å². The summed E-state index contributed by atoms with van der Waals surface area (Å²) in [7, 11) is 1.68. The number of pyridine rings is 1. The molecule has 1 saturated heterocycles. The van der Waals surface area contributed by atoms with E-state index in [2.05, 4.69) is 26.4 Å². The van der Waals surface area contributed by atoms with Gasteiger partial charge >= 0.3 is 0 Å². The second-order valence-electron chi connectivity index (χ2n) is 8.13. The number of fused-ring (bicyclic) bond motifs is 1. The van der Waals surface area contributed by atoms with Crippen molar-refractivity contribution >= 4 is 22.7 Å². The van der Waals surface area contributed by atoms with Gasteiger partial charge in [-0.05, 0) is 43.9 Å². The molecule has 1 aromatic carbocycles. The minimum atomic E-state index is -0.109. The van der Waals surface area contributed by atoms with Gasteiger partial charge in [0.25, 0.3) is 11.6 Å². The van der Waals surface area contributed by atoms with E-state index in [1.54, 1.807) is 7.11 Å². The number of hydrogen-bond acceptors (Lipinski definition) is 6. The van der Waals surface area contributed by atoms with Crippen LogP contribution < -0.4 is 15.0 Å². The summed E-state index contributed by atoms with van der Waals surface area (Å²) in [5.74, 6) is 0.923. The summed E-state index contributed by atoms with van der Waals surface area (Å²) in [6.07, 6.45) is 1.93. The van der Waals surface area contributed by atoms with Crippen molar-refractivity contribution in [1.29, 1.82) is 0 Å². The van der Waals surface area contributed by atoms with Crippen LogP contribution in [0.5, 0.6) is 5.75 Å². The third-order valence-electron chi connectivity index (χ3n) is 5.66. The van der Waals surface area contributed by atoms with Gasteiger partial charge in [-0.2, -0.15) is 0 Å². The third-order valence-corrected chi connectivity index (χ3v) is 5.66. The molecule has 30 heavy (non-hydrogen) atoms. The molecule has 0 bridgehead atoms. The Morgan fingerprint density at radius 2 is 2.13 bits per heavy atom. The molecular formula is C23H28N4O3. The van der Waals surface area contributed by atoms with Crippen molar-refractivity contribution in [3.05, 3.63) is 47.3 Å². The van der Waals surface area contributed by atoms with E-state index in [0.717, 1.165) is 43.1 Å². The van der Waals surface area contributed by atoms with Gasteiger partial charge in [0.1, 0.15) is 5.75 Å². The lowest BCUT2D eigenvalue weighted by atomic mass is 10.0. The van der Waals surface area contributed by atoms with Gasteiger partial charge in [0.05, 0.1) is 29.4 Å². The second-order valence-corrected chi connectivity index (χ2v) is 8.13. The predicted octanol–water partition coefficient (Wildman–Crippen LogP) is 4.06. The van der Waals surface area contributed by atoms with Gasteiger partial charge < -0.3 is 19.5 Å². The molecule has 158 valence electrons. The van der Waals surface area contributed by atoms with Crippen LogP contribution in [-0.2, 0) is 0 Å². The molecule has 3 heterocycles. The summed E-state index contributed by atoms with van der Waals surface area (Å²) in [5.41, 5.74) is 3.56. The average molecular weight is 409 g/mol. The van der Waals surface area contributed by atoms with Gasteiger partial charge in [-0.3, -0.25) is 4.79 Å². The number of rotatable bonds is 5. The highest BCUT2D eigenvalue weighted by Gasteiger charge is 2.26. The Morgan fingerprint density at radius 3 is 2.90 bits per heavy atom. The number of carbonyl (C=O) groups excluding carboxylic acids is 1. The number of amides is 1. The van der Waals surface area contributed by atoms with E-state index in [4.69, 9.17) is 9.26 Å². The molecule has 0 radical (unpaired) electrons. The van der Waals surface area contributed by atoms with E-state index in [9.17, 15) is 4.79 Å². The molecule has 0 aliphatic carbocycles. The molecule has 7 nitrogen and oxygen atoms in total. The van der Waals surface area contributed by atoms with Crippen LogP contribution in [0.4, 0.5) is 5.69 Å². The van der Waals surface area contributed by atoms with Crippen LogP contribution in [0, 0.1) is 6.92 Å². The Morgan fingerprint density at radius 1 is 1.33 bits per heavy atom. The van der Waals surface area contributed by atoms with E-state index in [1.807, 2.05) is 45.0 Å². The standard InChI is InChI=1S/C23H28N4O3/c1-14(2)18-12-17(21-15(3)26-30-23(21)25-18)22(28)24-16-8-7-11-27(13-16)19-9-5-6-10-20(19)29-4/h5-6,9-10,12,14,16H,7-8,11,13H2,1-4H3,(H,24,28). The van der Waals surface area contributed by atoms with Crippen LogP contribution in [0.15, 0.2) is 34.9 Å². The molecule has 1 N–H and O–H groups in total. The maximum absolute atomic E-state index is 13.3. The molecule has 2 aromatic heterocycles. The Labute approximate surface area is 176 Å². The summed E-state index contributed by atoms with van der Waals surface area (Å²) in [6.45, 7) is 7.61. The zero-order valence-corrected chi connectivity index (χ0v) is 17.9. The molecule has 1 unspecified atom stereocenters. The maximum atomic E-state index is 13.3. The van der Waals surface area contributed by atoms with Crippen molar-refractivity contribution in [2.75, 3.05) is 25.1 Å². The van der Waals surface area contributed by atoms with Crippen LogP contribution in [-0.4, -0.2) is 42.3 Å². The molecule has 0 spiro atoms. The number of ether oxygens (including phenoxy) is 1. The van der Waals surface area contributed by atoms with Crippen molar-refractivity contribution in [3.63, 3.8) is 0 Å². The Bertz CT molecular complexity index is 1060. The van der Waals surface area contributed by atoms with Gasteiger partial charge in [-0.15, -0.1) is 0 Å². The number of aromatic nitrogens is 2. The van der Waals surface area contributed by atoms with Gasteiger partial charge in [-0.25, -0.2) is 4.98 Å². The first-order valence-corrected chi connectivity index (χ1v) is 10.4. The van der Waals surface area contributed by atoms with E-state index >= 15 is 0 Å². The molecule has 1 amide bonds. The monoisotopic (exact) mass is 408 g/mol. The fraction of sp³-hybridized carbons (Fsp3) is 0.435. The summed E-state index contributed by atoms with van der Waals surface area (Å²) in [5, 5.41) is 7.94. The average Bonchev–Trinajstić information content (AvgIpc) is 3.14. The van der Waals surface area contributed by atoms with Crippen LogP contribution in [0.1, 0.15) is 54.4 Å². The number of aryl methyl sites for hydroxylation is 1. The van der Waals surface area contributed by atoms with Crippen molar-refractivity contribution in [2.24, 2.45) is 0 Å². The van der Waals surface area contributed by atoms with Crippen molar-refractivity contribution in [2.45, 2.75) is 45.6 Å². The Kier molecular flexibility index (Phi) is 5.61. The van der Waals surface area contributed by atoms with Crippen LogP contribution in [0.3, 0.4) is 0 Å². The first-order valence-electron chi connectivity index (χ1n) is 10.4. The number of methoxy groups -OCH3 is 1. The van der Waals surface area contributed by atoms with E-state index < -0.39 is 0 Å². The fourth-order valence-electron chi connectivity index (χ4n) is 4.06. The number of nitrogens with zero attached hydrogens (tertiary/aromatic N) is 3. The zero-order chi connectivity index (χ0) is 21.3. The zero-order valence-electron chi connectivity index (χ0n) is 17.9. The van der Waals surface area contributed by atoms with Crippen LogP contribution in [0.25, 0.3) is 11.1 Å². The molecule has 1 atom stereocenters. The SMILES string of the molecule is COc1ccccc1N1CCCC(NC(=O)c2cc(C(C)C)nc3onc(C)c23)C1. The number of benzene rings is 1. The highest BCUT2D eigenvalue weighted by molar-refractivity contribution is 6.06. The van der Waals surface area contributed by atoms with Gasteiger partial charge in [0, 0.05) is 24.8 Å². The highest BCUT2D eigenvalue weighted by Crippen LogP contribution is 2.30. The molecule has 4 rings (SSSR count). The summed E-state index contributed by atoms with van der Waals surface area (Å²) in [4.78, 5) is 20.1. The quantitative estimate of drug-likeness (QED) is 0.686. The third kappa shape index (κ3) is 3.84. The van der Waals surface area contributed by atoms with E-state index in [-0.39, 0.29) is 17.9 Å². The summed E-state index contributed by atoms with van der Waals surface area (Å²) in [6, 6.07) is 9.91. The molecular weight excluding hydrogens is 380 g/mol. The first kappa shape index (κ1) is 20.2. The Balaban J connectivity index is 1.57. The highest BCUT2D eigenvalue weighted by atomic mass is 16.5. The molecule has 3 aromatic rings. The lowest BCUT2D eigenvalue weighted by molar-refractivity contribution is 0.0934. The first-order chi connectivity index (χ1) is 14.5. The maximum Gasteiger partial charge on any atom is 0.259 e. The summed E-state index contributed by atoms with van der Waals surface area (Å²) < 4.78 is 10.9. The van der Waals surface area contributed by atoms with Crippen LogP contribution >= 0.6 is 0 Å². The number of anilines is 1. The largest absolute Gasteiger partial charge is 0.495 e. The van der Waals surface area contributed by atoms with Gasteiger partial charge in [0.2, 0.25) is 0 Å². The predicted molar refractivity (Wildman–Crippen MR) is 116 cm³/mol. The minimum absolute atomic E-state index is 0.0436. The summed E-state index contributed by atoms with van der Waals surface area (Å²) >= 11 is 0. The number of nitrogens with one attached hydrogen (secondary N) is 1. The number of carbonyl (C=O) groups is 1. The second kappa shape index (κ2) is 8.34. The van der Waals surface area contributed by atoms with Crippen molar-refractivity contribution < 1.29 is 14.1 Å². The molecule has 7 heteroatoms. The van der Waals surface area contributed by atoms with Crippen molar-refractivity contribution in [3.8, 4) is 5.75 Å². The number of piperidine rings is 1. The van der Waals surface area contributed by atoms with E-state index in [1.165, 1.54) is 0 Å². The van der Waals surface area contributed by atoms with Gasteiger partial charge in [0.15, 0.2) is 0 Å². The fourth-order valence-corrected chi connectivity index (χ4v) is 4.06. The Hall–Kier alpha value is -3.09. The normalized spacial score (nSPS) is 16.8. The lowest BCUT2D eigenvalue weighted by Gasteiger charge is -2.35.